The van der Waals surface area contributed by atoms with Crippen molar-refractivity contribution in [2.24, 2.45) is 0 Å². The van der Waals surface area contributed by atoms with E-state index in [0.29, 0.717) is 12.7 Å². The third-order valence-electron chi connectivity index (χ3n) is 1.82. The fourth-order valence-corrected chi connectivity index (χ4v) is 1.05. The first-order valence-electron chi connectivity index (χ1n) is 4.47. The minimum absolute atomic E-state index is 0.111. The first kappa shape index (κ1) is 11.7. The highest BCUT2D eigenvalue weighted by Crippen LogP contribution is 2.19. The van der Waals surface area contributed by atoms with Crippen LogP contribution < -0.4 is 0 Å². The Bertz CT molecular complexity index is 268. The van der Waals surface area contributed by atoms with Crippen molar-refractivity contribution in [1.82, 2.24) is 0 Å². The van der Waals surface area contributed by atoms with Crippen LogP contribution in [0.25, 0.3) is 0 Å². The lowest BCUT2D eigenvalue weighted by atomic mass is 10.2. The van der Waals surface area contributed by atoms with E-state index in [-0.39, 0.29) is 19.1 Å². The van der Waals surface area contributed by atoms with Crippen LogP contribution in [0.3, 0.4) is 0 Å². The summed E-state index contributed by atoms with van der Waals surface area (Å²) in [7, 11) is 0. The third-order valence-corrected chi connectivity index (χ3v) is 1.82. The van der Waals surface area contributed by atoms with Gasteiger partial charge in [-0.1, -0.05) is 0 Å². The predicted octanol–water partition coefficient (Wildman–Crippen LogP) is -0.680. The maximum Gasteiger partial charge on any atom is 0.331 e. The first-order valence-corrected chi connectivity index (χ1v) is 4.47. The highest BCUT2D eigenvalue weighted by molar-refractivity contribution is 5.90. The zero-order valence-electron chi connectivity index (χ0n) is 7.96. The van der Waals surface area contributed by atoms with E-state index < -0.39 is 18.0 Å². The second kappa shape index (κ2) is 5.47. The Labute approximate surface area is 86.1 Å². The van der Waals surface area contributed by atoms with Gasteiger partial charge in [-0.05, 0) is 0 Å². The number of hydrogen-bond donors (Lipinski definition) is 2. The van der Waals surface area contributed by atoms with Crippen molar-refractivity contribution >= 4 is 11.9 Å². The lowest BCUT2D eigenvalue weighted by Crippen LogP contribution is -2.24. The Morgan fingerprint density at radius 2 is 2.20 bits per heavy atom. The van der Waals surface area contributed by atoms with Gasteiger partial charge >= 0.3 is 11.9 Å². The summed E-state index contributed by atoms with van der Waals surface area (Å²) in [6.07, 6.45) is 1.15. The maximum atomic E-state index is 11.1. The summed E-state index contributed by atoms with van der Waals surface area (Å²) in [4.78, 5) is 21.2. The molecule has 6 nitrogen and oxygen atoms in total. The van der Waals surface area contributed by atoms with Gasteiger partial charge in [0, 0.05) is 25.2 Å². The molecule has 0 aliphatic carbocycles. The van der Waals surface area contributed by atoms with Gasteiger partial charge in [0.25, 0.3) is 0 Å². The van der Waals surface area contributed by atoms with E-state index >= 15 is 0 Å². The van der Waals surface area contributed by atoms with E-state index in [1.54, 1.807) is 0 Å². The van der Waals surface area contributed by atoms with Gasteiger partial charge in [-0.3, -0.25) is 0 Å². The van der Waals surface area contributed by atoms with E-state index in [0.717, 1.165) is 6.08 Å². The molecule has 0 spiro atoms. The molecule has 0 aromatic rings. The molecule has 2 N–H and O–H groups in total. The number of carbonyl (C=O) groups excluding carboxylic acids is 1. The van der Waals surface area contributed by atoms with Gasteiger partial charge in [-0.2, -0.15) is 0 Å². The van der Waals surface area contributed by atoms with Crippen LogP contribution >= 0.6 is 0 Å². The summed E-state index contributed by atoms with van der Waals surface area (Å²) >= 11 is 0. The number of aliphatic hydroxyl groups is 1. The number of carboxylic acids is 1. The largest absolute Gasteiger partial charge is 0.478 e. The van der Waals surface area contributed by atoms with Gasteiger partial charge < -0.3 is 19.7 Å². The minimum Gasteiger partial charge on any atom is -0.478 e. The molecule has 0 aromatic carbocycles. The third kappa shape index (κ3) is 4.57. The Morgan fingerprint density at radius 3 is 2.67 bits per heavy atom. The van der Waals surface area contributed by atoms with Gasteiger partial charge in [0.2, 0.25) is 0 Å². The van der Waals surface area contributed by atoms with Crippen LogP contribution in [0.5, 0.6) is 0 Å². The van der Waals surface area contributed by atoms with E-state index in [9.17, 15) is 9.59 Å². The van der Waals surface area contributed by atoms with Crippen LogP contribution in [0.2, 0.25) is 0 Å². The van der Waals surface area contributed by atoms with Crippen LogP contribution in [-0.4, -0.2) is 47.6 Å². The average Bonchev–Trinajstić information content (AvgIpc) is 2.97. The second-order valence-corrected chi connectivity index (χ2v) is 3.03. The van der Waals surface area contributed by atoms with Crippen molar-refractivity contribution in [2.45, 2.75) is 18.6 Å². The average molecular weight is 216 g/mol. The molecule has 0 amide bonds. The molecule has 1 aliphatic heterocycles. The van der Waals surface area contributed by atoms with E-state index in [1.807, 2.05) is 0 Å². The molecule has 1 rings (SSSR count). The summed E-state index contributed by atoms with van der Waals surface area (Å²) in [5.74, 6) is -1.96. The number of carbonyl (C=O) groups is 2. The molecule has 1 aliphatic rings. The van der Waals surface area contributed by atoms with Crippen LogP contribution in [0.15, 0.2) is 12.2 Å². The number of carboxylic acid groups (broad SMARTS) is 1. The molecule has 1 fully saturated rings. The van der Waals surface area contributed by atoms with Crippen molar-refractivity contribution in [1.29, 1.82) is 0 Å². The molecular formula is C9H12O6. The summed E-state index contributed by atoms with van der Waals surface area (Å²) in [5, 5.41) is 16.9. The van der Waals surface area contributed by atoms with Gasteiger partial charge in [-0.25, -0.2) is 9.59 Å². The minimum atomic E-state index is -1.21. The summed E-state index contributed by atoms with van der Waals surface area (Å²) in [6, 6.07) is 0. The SMILES string of the molecule is O=C(O)/C=C\C(=O)OC(CCO)C1CO1. The van der Waals surface area contributed by atoms with Gasteiger partial charge in [0.1, 0.15) is 12.2 Å². The Kier molecular flexibility index (Phi) is 4.26. The van der Waals surface area contributed by atoms with Crippen LogP contribution in [0.4, 0.5) is 0 Å². The number of rotatable bonds is 6. The standard InChI is InChI=1S/C9H12O6/c10-4-3-6(7-5-14-7)15-9(13)2-1-8(11)12/h1-2,6-7,10H,3-5H2,(H,11,12)/b2-1-. The maximum absolute atomic E-state index is 11.1. The van der Waals surface area contributed by atoms with Crippen LogP contribution in [0.1, 0.15) is 6.42 Å². The van der Waals surface area contributed by atoms with E-state index in [1.165, 1.54) is 0 Å². The normalized spacial score (nSPS) is 21.3. The van der Waals surface area contributed by atoms with Crippen molar-refractivity contribution in [3.05, 3.63) is 12.2 Å². The molecule has 15 heavy (non-hydrogen) atoms. The fraction of sp³-hybridized carbons (Fsp3) is 0.556. The number of aliphatic carboxylic acids is 1. The molecule has 0 aromatic heterocycles. The summed E-state index contributed by atoms with van der Waals surface area (Å²) in [6.45, 7) is 0.390. The topological polar surface area (TPSA) is 96.4 Å². The molecule has 84 valence electrons. The number of ether oxygens (including phenoxy) is 2. The Balaban J connectivity index is 2.36. The molecule has 0 saturated carbocycles. The number of aliphatic hydroxyl groups excluding tert-OH is 1. The number of epoxide rings is 1. The zero-order chi connectivity index (χ0) is 11.3. The number of hydrogen-bond acceptors (Lipinski definition) is 5. The van der Waals surface area contributed by atoms with Gasteiger partial charge in [0.05, 0.1) is 6.61 Å². The first-order chi connectivity index (χ1) is 7.13. The second-order valence-electron chi connectivity index (χ2n) is 3.03. The molecule has 0 bridgehead atoms. The molecule has 1 heterocycles. The fourth-order valence-electron chi connectivity index (χ4n) is 1.05. The molecule has 2 atom stereocenters. The van der Waals surface area contributed by atoms with Crippen molar-refractivity contribution in [3.63, 3.8) is 0 Å². The smallest absolute Gasteiger partial charge is 0.331 e. The van der Waals surface area contributed by atoms with Gasteiger partial charge in [0.15, 0.2) is 0 Å². The predicted molar refractivity (Wildman–Crippen MR) is 48.1 cm³/mol. The van der Waals surface area contributed by atoms with Crippen LogP contribution in [0, 0.1) is 0 Å². The zero-order valence-corrected chi connectivity index (χ0v) is 7.96. The van der Waals surface area contributed by atoms with Crippen molar-refractivity contribution in [2.75, 3.05) is 13.2 Å². The monoisotopic (exact) mass is 216 g/mol. The summed E-state index contributed by atoms with van der Waals surface area (Å²) < 4.78 is 9.81. The Hall–Kier alpha value is -1.40. The highest BCUT2D eigenvalue weighted by atomic mass is 16.6. The van der Waals surface area contributed by atoms with Crippen LogP contribution in [-0.2, 0) is 19.1 Å². The van der Waals surface area contributed by atoms with Gasteiger partial charge in [-0.15, -0.1) is 0 Å². The molecule has 1 saturated heterocycles. The molecular weight excluding hydrogens is 204 g/mol. The molecule has 6 heteroatoms. The number of esters is 1. The quantitative estimate of drug-likeness (QED) is 0.347. The summed E-state index contributed by atoms with van der Waals surface area (Å²) in [5.41, 5.74) is 0. The Morgan fingerprint density at radius 1 is 1.53 bits per heavy atom. The van der Waals surface area contributed by atoms with Crippen molar-refractivity contribution < 1.29 is 29.3 Å². The highest BCUT2D eigenvalue weighted by Gasteiger charge is 2.34. The lowest BCUT2D eigenvalue weighted by molar-refractivity contribution is -0.145. The van der Waals surface area contributed by atoms with E-state index in [2.05, 4.69) is 0 Å². The molecule has 2 unspecified atom stereocenters. The van der Waals surface area contributed by atoms with E-state index in [4.69, 9.17) is 19.7 Å². The lowest BCUT2D eigenvalue weighted by Gasteiger charge is -2.12. The molecule has 0 radical (unpaired) electrons. The van der Waals surface area contributed by atoms with Crippen molar-refractivity contribution in [3.8, 4) is 0 Å².